The normalized spacial score (nSPS) is 11.9. The van der Waals surface area contributed by atoms with Crippen molar-refractivity contribution in [2.45, 2.75) is 38.1 Å². The number of aliphatic hydroxyl groups excluding tert-OH is 1. The summed E-state index contributed by atoms with van der Waals surface area (Å²) < 4.78 is 0. The molecule has 0 atom stereocenters. The van der Waals surface area contributed by atoms with Crippen LogP contribution in [-0.4, -0.2) is 47.1 Å². The van der Waals surface area contributed by atoms with Gasteiger partial charge >= 0.3 is 8.56 Å². The van der Waals surface area contributed by atoms with Crippen molar-refractivity contribution >= 4 is 14.5 Å². The quantitative estimate of drug-likeness (QED) is 0.213. The maximum Gasteiger partial charge on any atom is 0.329 e. The summed E-state index contributed by atoms with van der Waals surface area (Å²) in [6.07, 6.45) is -0.868. The van der Waals surface area contributed by atoms with Gasteiger partial charge in [-0.25, -0.2) is 0 Å². The van der Waals surface area contributed by atoms with E-state index in [9.17, 15) is 4.79 Å². The second-order valence-corrected chi connectivity index (χ2v) is 6.62. The first-order valence-corrected chi connectivity index (χ1v) is 7.49. The van der Waals surface area contributed by atoms with E-state index in [0.717, 1.165) is 0 Å². The molecule has 0 spiro atoms. The van der Waals surface area contributed by atoms with Gasteiger partial charge in [0.25, 0.3) is 0 Å². The molecule has 0 aromatic rings. The van der Waals surface area contributed by atoms with Crippen molar-refractivity contribution < 1.29 is 24.6 Å². The minimum atomic E-state index is -3.00. The van der Waals surface area contributed by atoms with Crippen LogP contribution in [-0.2, 0) is 4.79 Å². The van der Waals surface area contributed by atoms with E-state index in [0.29, 0.717) is 19.0 Å². The zero-order chi connectivity index (χ0) is 11.9. The first kappa shape index (κ1) is 14.5. The Hall–Kier alpha value is -0.473. The number of hydrogen-bond acceptors (Lipinski definition) is 5. The van der Waals surface area contributed by atoms with Crippen molar-refractivity contribution in [3.63, 3.8) is 0 Å². The third-order valence-corrected chi connectivity index (χ3v) is 3.08. The van der Waals surface area contributed by atoms with Crippen LogP contribution in [0.2, 0.25) is 12.6 Å². The molecule has 0 aromatic heterocycles. The van der Waals surface area contributed by atoms with Gasteiger partial charge in [0.1, 0.15) is 0 Å². The number of amides is 1. The van der Waals surface area contributed by atoms with E-state index in [4.69, 9.17) is 19.8 Å². The fraction of sp³-hybridized carbons (Fsp3) is 0.875. The Morgan fingerprint density at radius 1 is 1.40 bits per heavy atom. The average Bonchev–Trinajstić information content (AvgIpc) is 2.07. The summed E-state index contributed by atoms with van der Waals surface area (Å²) in [6.45, 7) is 1.79. The molecule has 5 N–H and O–H groups in total. The molecule has 0 bridgehead atoms. The lowest BCUT2D eigenvalue weighted by molar-refractivity contribution is -0.123. The highest BCUT2D eigenvalue weighted by molar-refractivity contribution is 6.63. The molecule has 0 heterocycles. The van der Waals surface area contributed by atoms with Crippen LogP contribution in [0, 0.1) is 0 Å². The topological polar surface area (TPSA) is 110 Å². The lowest BCUT2D eigenvalue weighted by Gasteiger charge is -2.11. The lowest BCUT2D eigenvalue weighted by atomic mass is 10.3. The smallest absolute Gasteiger partial charge is 0.329 e. The molecule has 7 heteroatoms. The molecule has 0 unspecified atom stereocenters. The van der Waals surface area contributed by atoms with Crippen LogP contribution in [0.5, 0.6) is 0 Å². The highest BCUT2D eigenvalue weighted by atomic mass is 28.4. The summed E-state index contributed by atoms with van der Waals surface area (Å²) in [5.74, 6) is -0.262. The Bertz CT molecular complexity index is 192. The van der Waals surface area contributed by atoms with Gasteiger partial charge in [-0.2, -0.15) is 0 Å². The minimum absolute atomic E-state index is 0.0122. The highest BCUT2D eigenvalue weighted by Gasteiger charge is 2.19. The van der Waals surface area contributed by atoms with Gasteiger partial charge < -0.3 is 25.1 Å². The molecule has 0 fully saturated rings. The van der Waals surface area contributed by atoms with Crippen molar-refractivity contribution in [2.75, 3.05) is 6.54 Å². The van der Waals surface area contributed by atoms with Crippen LogP contribution in [0.25, 0.3) is 0 Å². The molecule has 0 aliphatic rings. The van der Waals surface area contributed by atoms with Gasteiger partial charge in [0, 0.05) is 19.4 Å². The summed E-state index contributed by atoms with van der Waals surface area (Å²) in [7, 11) is -3.00. The number of carbonyl (C=O) groups excluding carboxylic acids is 1. The molecule has 0 saturated carbocycles. The fourth-order valence-electron chi connectivity index (χ4n) is 1.000. The van der Waals surface area contributed by atoms with Crippen LogP contribution in [0.15, 0.2) is 0 Å². The third kappa shape index (κ3) is 11.5. The number of carbonyl (C=O) groups is 1. The number of aliphatic hydroxyl groups is 2. The maximum atomic E-state index is 11.0. The van der Waals surface area contributed by atoms with E-state index >= 15 is 0 Å². The van der Waals surface area contributed by atoms with Crippen LogP contribution in [0.4, 0.5) is 0 Å². The zero-order valence-electron chi connectivity index (χ0n) is 8.81. The Labute approximate surface area is 89.8 Å². The molecule has 0 saturated heterocycles. The Balaban J connectivity index is 3.40. The number of hydrogen-bond donors (Lipinski definition) is 5. The summed E-state index contributed by atoms with van der Waals surface area (Å²) in [6, 6.07) is 0.315. The molecular weight excluding hydrogens is 218 g/mol. The van der Waals surface area contributed by atoms with Crippen LogP contribution in [0.3, 0.4) is 0 Å². The lowest BCUT2D eigenvalue weighted by Crippen LogP contribution is -2.32. The second kappa shape index (κ2) is 6.91. The average molecular weight is 237 g/mol. The van der Waals surface area contributed by atoms with E-state index in [2.05, 4.69) is 5.32 Å². The summed E-state index contributed by atoms with van der Waals surface area (Å²) in [4.78, 5) is 29.2. The predicted molar refractivity (Wildman–Crippen MR) is 55.9 cm³/mol. The van der Waals surface area contributed by atoms with E-state index in [1.807, 2.05) is 0 Å². The summed E-state index contributed by atoms with van der Waals surface area (Å²) in [5.41, 5.74) is 0. The van der Waals surface area contributed by atoms with Gasteiger partial charge in [0.15, 0.2) is 6.29 Å². The standard InChI is InChI=1S/C8H19NO5Si/c1-15(13,14)6-2-5-9-7(10)3-4-8(11)12/h8,11-14H,2-6H2,1H3,(H,9,10). The zero-order valence-corrected chi connectivity index (χ0v) is 9.81. The van der Waals surface area contributed by atoms with Gasteiger partial charge in [-0.1, -0.05) is 0 Å². The molecule has 0 aromatic carbocycles. The van der Waals surface area contributed by atoms with Crippen molar-refractivity contribution in [3.05, 3.63) is 0 Å². The first-order valence-electron chi connectivity index (χ1n) is 4.89. The molecule has 1 amide bonds. The molecule has 6 nitrogen and oxygen atoms in total. The van der Waals surface area contributed by atoms with E-state index < -0.39 is 14.9 Å². The predicted octanol–water partition coefficient (Wildman–Crippen LogP) is -1.36. The second-order valence-electron chi connectivity index (χ2n) is 3.69. The molecule has 0 aliphatic carbocycles. The fourth-order valence-corrected chi connectivity index (χ4v) is 1.85. The van der Waals surface area contributed by atoms with E-state index in [1.165, 1.54) is 6.55 Å². The van der Waals surface area contributed by atoms with Crippen molar-refractivity contribution in [1.82, 2.24) is 5.32 Å². The van der Waals surface area contributed by atoms with Crippen LogP contribution in [0.1, 0.15) is 19.3 Å². The molecule has 0 rings (SSSR count). The van der Waals surface area contributed by atoms with Gasteiger partial charge in [-0.15, -0.1) is 0 Å². The monoisotopic (exact) mass is 237 g/mol. The molecule has 90 valence electrons. The van der Waals surface area contributed by atoms with Gasteiger partial charge in [0.05, 0.1) is 0 Å². The number of nitrogens with one attached hydrogen (secondary N) is 1. The number of rotatable bonds is 7. The summed E-state index contributed by atoms with van der Waals surface area (Å²) in [5, 5.41) is 19.5. The molecule has 15 heavy (non-hydrogen) atoms. The first-order chi connectivity index (χ1) is 6.81. The van der Waals surface area contributed by atoms with Crippen molar-refractivity contribution in [3.8, 4) is 0 Å². The SMILES string of the molecule is C[Si](O)(O)CCCNC(=O)CCC(O)O. The van der Waals surface area contributed by atoms with Crippen LogP contribution >= 0.6 is 0 Å². The van der Waals surface area contributed by atoms with Crippen molar-refractivity contribution in [2.24, 2.45) is 0 Å². The molecule has 0 aliphatic heterocycles. The van der Waals surface area contributed by atoms with Gasteiger partial charge in [-0.05, 0) is 19.0 Å². The van der Waals surface area contributed by atoms with E-state index in [-0.39, 0.29) is 18.7 Å². The molecular formula is C8H19NO5Si. The van der Waals surface area contributed by atoms with Gasteiger partial charge in [-0.3, -0.25) is 4.79 Å². The van der Waals surface area contributed by atoms with Gasteiger partial charge in [0.2, 0.25) is 5.91 Å². The Kier molecular flexibility index (Phi) is 6.69. The maximum absolute atomic E-state index is 11.0. The third-order valence-electron chi connectivity index (χ3n) is 1.78. The Morgan fingerprint density at radius 2 is 2.00 bits per heavy atom. The summed E-state index contributed by atoms with van der Waals surface area (Å²) >= 11 is 0. The molecule has 0 radical (unpaired) electrons. The van der Waals surface area contributed by atoms with Crippen LogP contribution < -0.4 is 5.32 Å². The van der Waals surface area contributed by atoms with Crippen molar-refractivity contribution in [1.29, 1.82) is 0 Å². The highest BCUT2D eigenvalue weighted by Crippen LogP contribution is 2.03. The minimum Gasteiger partial charge on any atom is -0.411 e. The largest absolute Gasteiger partial charge is 0.411 e. The van der Waals surface area contributed by atoms with E-state index in [1.54, 1.807) is 0 Å². The Morgan fingerprint density at radius 3 is 2.47 bits per heavy atom.